The van der Waals surface area contributed by atoms with E-state index >= 15 is 0 Å². The number of rotatable bonds is 2. The average molecular weight is 278 g/mol. The third kappa shape index (κ3) is 2.13. The fraction of sp³-hybridized carbons (Fsp3) is 0.167. The Morgan fingerprint density at radius 1 is 1.31 bits per heavy atom. The molecule has 0 spiro atoms. The smallest absolute Gasteiger partial charge is 0.125 e. The van der Waals surface area contributed by atoms with Crippen LogP contribution >= 0.6 is 15.9 Å². The maximum Gasteiger partial charge on any atom is 0.125 e. The predicted octanol–water partition coefficient (Wildman–Crippen LogP) is 2.67. The summed E-state index contributed by atoms with van der Waals surface area (Å²) in [7, 11) is 0. The van der Waals surface area contributed by atoms with Gasteiger partial charge in [0.15, 0.2) is 0 Å². The summed E-state index contributed by atoms with van der Waals surface area (Å²) in [6.45, 7) is 2.32. The van der Waals surface area contributed by atoms with Gasteiger partial charge in [0.05, 0.1) is 5.69 Å². The first kappa shape index (κ1) is 11.2. The molecule has 0 saturated carbocycles. The molecule has 1 aromatic heterocycles. The van der Waals surface area contributed by atoms with Crippen LogP contribution in [-0.4, -0.2) is 9.97 Å². The first-order valence-electron chi connectivity index (χ1n) is 5.00. The molecule has 2 N–H and O–H groups in total. The van der Waals surface area contributed by atoms with E-state index in [1.54, 1.807) is 6.20 Å². The predicted molar refractivity (Wildman–Crippen MR) is 67.8 cm³/mol. The maximum absolute atomic E-state index is 5.69. The molecule has 0 unspecified atom stereocenters. The second kappa shape index (κ2) is 4.72. The highest BCUT2D eigenvalue weighted by molar-refractivity contribution is 9.10. The van der Waals surface area contributed by atoms with Gasteiger partial charge in [-0.3, -0.25) is 0 Å². The Bertz CT molecular complexity index is 511. The standard InChI is InChI=1S/C12H12BrN3/c1-8-15-7-9(6-14)12(16-8)10-4-2-3-5-11(10)13/h2-5,7H,6,14H2,1H3. The Balaban J connectivity index is 2.63. The second-order valence-electron chi connectivity index (χ2n) is 3.48. The summed E-state index contributed by atoms with van der Waals surface area (Å²) in [6, 6.07) is 7.97. The highest BCUT2D eigenvalue weighted by atomic mass is 79.9. The van der Waals surface area contributed by atoms with Gasteiger partial charge in [0, 0.05) is 28.3 Å². The zero-order valence-electron chi connectivity index (χ0n) is 8.94. The van der Waals surface area contributed by atoms with E-state index < -0.39 is 0 Å². The largest absolute Gasteiger partial charge is 0.326 e. The van der Waals surface area contributed by atoms with Crippen LogP contribution in [-0.2, 0) is 6.54 Å². The van der Waals surface area contributed by atoms with Gasteiger partial charge in [-0.2, -0.15) is 0 Å². The fourth-order valence-corrected chi connectivity index (χ4v) is 2.00. The van der Waals surface area contributed by atoms with E-state index in [1.807, 2.05) is 31.2 Å². The van der Waals surface area contributed by atoms with Crippen molar-refractivity contribution in [3.63, 3.8) is 0 Å². The molecule has 1 heterocycles. The van der Waals surface area contributed by atoms with E-state index in [0.29, 0.717) is 6.54 Å². The molecule has 0 atom stereocenters. The Morgan fingerprint density at radius 3 is 2.75 bits per heavy atom. The Hall–Kier alpha value is -1.26. The number of halogens is 1. The van der Waals surface area contributed by atoms with Crippen molar-refractivity contribution in [2.24, 2.45) is 5.73 Å². The molecule has 0 radical (unpaired) electrons. The van der Waals surface area contributed by atoms with Gasteiger partial charge in [-0.15, -0.1) is 0 Å². The molecule has 4 heteroatoms. The molecule has 1 aromatic carbocycles. The first-order chi connectivity index (χ1) is 7.72. The molecule has 16 heavy (non-hydrogen) atoms. The van der Waals surface area contributed by atoms with Gasteiger partial charge < -0.3 is 5.73 Å². The summed E-state index contributed by atoms with van der Waals surface area (Å²) in [5.41, 5.74) is 8.60. The Morgan fingerprint density at radius 2 is 2.06 bits per heavy atom. The number of nitrogens with two attached hydrogens (primary N) is 1. The van der Waals surface area contributed by atoms with Crippen LogP contribution in [0.2, 0.25) is 0 Å². The van der Waals surface area contributed by atoms with Crippen molar-refractivity contribution in [1.82, 2.24) is 9.97 Å². The van der Waals surface area contributed by atoms with Crippen LogP contribution in [0.25, 0.3) is 11.3 Å². The summed E-state index contributed by atoms with van der Waals surface area (Å²) in [5.74, 6) is 0.753. The van der Waals surface area contributed by atoms with E-state index in [4.69, 9.17) is 5.73 Å². The van der Waals surface area contributed by atoms with Crippen molar-refractivity contribution in [2.75, 3.05) is 0 Å². The highest BCUT2D eigenvalue weighted by Crippen LogP contribution is 2.28. The van der Waals surface area contributed by atoms with Crippen LogP contribution < -0.4 is 5.73 Å². The zero-order chi connectivity index (χ0) is 11.5. The lowest BCUT2D eigenvalue weighted by Crippen LogP contribution is -2.03. The number of benzene rings is 1. The molecular formula is C12H12BrN3. The van der Waals surface area contributed by atoms with E-state index in [9.17, 15) is 0 Å². The third-order valence-corrected chi connectivity index (χ3v) is 3.03. The molecule has 3 nitrogen and oxygen atoms in total. The lowest BCUT2D eigenvalue weighted by Gasteiger charge is -2.08. The lowest BCUT2D eigenvalue weighted by molar-refractivity contribution is 0.975. The third-order valence-electron chi connectivity index (χ3n) is 2.33. The molecule has 82 valence electrons. The van der Waals surface area contributed by atoms with E-state index in [-0.39, 0.29) is 0 Å². The van der Waals surface area contributed by atoms with Crippen molar-refractivity contribution in [1.29, 1.82) is 0 Å². The van der Waals surface area contributed by atoms with Crippen molar-refractivity contribution >= 4 is 15.9 Å². The van der Waals surface area contributed by atoms with Crippen LogP contribution in [0.1, 0.15) is 11.4 Å². The average Bonchev–Trinajstić information content (AvgIpc) is 2.29. The SMILES string of the molecule is Cc1ncc(CN)c(-c2ccccc2Br)n1. The van der Waals surface area contributed by atoms with Crippen LogP contribution in [0.4, 0.5) is 0 Å². The van der Waals surface area contributed by atoms with Gasteiger partial charge in [-0.1, -0.05) is 34.1 Å². The van der Waals surface area contributed by atoms with Gasteiger partial charge in [0.25, 0.3) is 0 Å². The molecular weight excluding hydrogens is 266 g/mol. The summed E-state index contributed by atoms with van der Waals surface area (Å²) in [5, 5.41) is 0. The number of hydrogen-bond donors (Lipinski definition) is 1. The second-order valence-corrected chi connectivity index (χ2v) is 4.33. The molecule has 0 fully saturated rings. The minimum Gasteiger partial charge on any atom is -0.326 e. The molecule has 0 aliphatic heterocycles. The van der Waals surface area contributed by atoms with Crippen LogP contribution in [0.5, 0.6) is 0 Å². The van der Waals surface area contributed by atoms with Crippen LogP contribution in [0, 0.1) is 6.92 Å². The van der Waals surface area contributed by atoms with Gasteiger partial charge in [-0.05, 0) is 13.0 Å². The Labute approximate surface area is 103 Å². The van der Waals surface area contributed by atoms with Crippen molar-refractivity contribution in [2.45, 2.75) is 13.5 Å². The lowest BCUT2D eigenvalue weighted by atomic mass is 10.1. The number of aromatic nitrogens is 2. The molecule has 0 aliphatic rings. The number of nitrogens with zero attached hydrogens (tertiary/aromatic N) is 2. The van der Waals surface area contributed by atoms with Crippen molar-refractivity contribution in [3.05, 3.63) is 46.3 Å². The molecule has 2 aromatic rings. The highest BCUT2D eigenvalue weighted by Gasteiger charge is 2.09. The minimum atomic E-state index is 0.441. The minimum absolute atomic E-state index is 0.441. The monoisotopic (exact) mass is 277 g/mol. The van der Waals surface area contributed by atoms with Gasteiger partial charge in [0.2, 0.25) is 0 Å². The summed E-state index contributed by atoms with van der Waals surface area (Å²) < 4.78 is 1.02. The number of aryl methyl sites for hydroxylation is 1. The molecule has 0 amide bonds. The normalized spacial score (nSPS) is 10.4. The topological polar surface area (TPSA) is 51.8 Å². The van der Waals surface area contributed by atoms with Gasteiger partial charge >= 0.3 is 0 Å². The summed E-state index contributed by atoms with van der Waals surface area (Å²) in [4.78, 5) is 8.61. The molecule has 0 aliphatic carbocycles. The molecule has 0 bridgehead atoms. The maximum atomic E-state index is 5.69. The van der Waals surface area contributed by atoms with E-state index in [2.05, 4.69) is 25.9 Å². The first-order valence-corrected chi connectivity index (χ1v) is 5.79. The van der Waals surface area contributed by atoms with Gasteiger partial charge in [-0.25, -0.2) is 9.97 Å². The van der Waals surface area contributed by atoms with E-state index in [1.165, 1.54) is 0 Å². The van der Waals surface area contributed by atoms with E-state index in [0.717, 1.165) is 27.1 Å². The zero-order valence-corrected chi connectivity index (χ0v) is 10.5. The van der Waals surface area contributed by atoms with Crippen molar-refractivity contribution in [3.8, 4) is 11.3 Å². The van der Waals surface area contributed by atoms with Gasteiger partial charge in [0.1, 0.15) is 5.82 Å². The number of hydrogen-bond acceptors (Lipinski definition) is 3. The quantitative estimate of drug-likeness (QED) is 0.918. The summed E-state index contributed by atoms with van der Waals surface area (Å²) >= 11 is 3.52. The molecule has 0 saturated heterocycles. The summed E-state index contributed by atoms with van der Waals surface area (Å²) in [6.07, 6.45) is 1.79. The van der Waals surface area contributed by atoms with Crippen LogP contribution in [0.3, 0.4) is 0 Å². The molecule has 2 rings (SSSR count). The van der Waals surface area contributed by atoms with Crippen molar-refractivity contribution < 1.29 is 0 Å². The fourth-order valence-electron chi connectivity index (χ4n) is 1.53. The Kier molecular flexibility index (Phi) is 3.31. The van der Waals surface area contributed by atoms with Crippen LogP contribution in [0.15, 0.2) is 34.9 Å².